The summed E-state index contributed by atoms with van der Waals surface area (Å²) in [4.78, 5) is 14.0. The molecular formula is C15H21NO. The lowest BCUT2D eigenvalue weighted by molar-refractivity contribution is 0.101. The highest BCUT2D eigenvalue weighted by atomic mass is 16.1. The minimum atomic E-state index is 0.165. The van der Waals surface area contributed by atoms with E-state index in [1.807, 2.05) is 18.2 Å². The van der Waals surface area contributed by atoms with Crippen molar-refractivity contribution in [2.24, 2.45) is 5.92 Å². The zero-order valence-corrected chi connectivity index (χ0v) is 10.8. The number of carbonyl (C=O) groups excluding carboxylic acids is 1. The highest BCUT2D eigenvalue weighted by Crippen LogP contribution is 2.25. The molecule has 0 amide bonds. The highest BCUT2D eigenvalue weighted by Gasteiger charge is 2.17. The minimum Gasteiger partial charge on any atom is -0.371 e. The summed E-state index contributed by atoms with van der Waals surface area (Å²) in [5.74, 6) is 0.974. The van der Waals surface area contributed by atoms with Gasteiger partial charge in [0.15, 0.2) is 5.78 Å². The van der Waals surface area contributed by atoms with Gasteiger partial charge in [0.1, 0.15) is 0 Å². The lowest BCUT2D eigenvalue weighted by Crippen LogP contribution is -2.25. The van der Waals surface area contributed by atoms with Gasteiger partial charge in [-0.25, -0.2) is 0 Å². The average molecular weight is 231 g/mol. The Labute approximate surface area is 104 Å². The molecule has 2 heteroatoms. The molecule has 2 nitrogen and oxygen atoms in total. The first-order valence-electron chi connectivity index (χ1n) is 6.53. The van der Waals surface area contributed by atoms with Gasteiger partial charge in [-0.1, -0.05) is 19.1 Å². The number of benzene rings is 1. The number of para-hydroxylation sites is 1. The molecule has 0 saturated carbocycles. The number of nitrogens with zero attached hydrogens (tertiary/aromatic N) is 1. The van der Waals surface area contributed by atoms with Crippen LogP contribution < -0.4 is 4.90 Å². The van der Waals surface area contributed by atoms with E-state index in [0.717, 1.165) is 30.3 Å². The molecule has 1 unspecified atom stereocenters. The SMILES string of the molecule is CC(=O)c1ccccc1N1CCCC(C)CC1. The zero-order valence-electron chi connectivity index (χ0n) is 10.8. The number of Topliss-reactive ketones (excluding diaryl/α,β-unsaturated/α-hetero) is 1. The maximum absolute atomic E-state index is 11.6. The quantitative estimate of drug-likeness (QED) is 0.726. The molecule has 0 aromatic heterocycles. The van der Waals surface area contributed by atoms with E-state index < -0.39 is 0 Å². The molecule has 0 radical (unpaired) electrons. The van der Waals surface area contributed by atoms with Crippen LogP contribution in [0, 0.1) is 5.92 Å². The van der Waals surface area contributed by atoms with Crippen LogP contribution in [0.4, 0.5) is 5.69 Å². The topological polar surface area (TPSA) is 20.3 Å². The molecule has 0 bridgehead atoms. The van der Waals surface area contributed by atoms with Crippen LogP contribution in [0.1, 0.15) is 43.5 Å². The van der Waals surface area contributed by atoms with Crippen molar-refractivity contribution < 1.29 is 4.79 Å². The first kappa shape index (κ1) is 12.2. The molecular weight excluding hydrogens is 210 g/mol. The Kier molecular flexibility index (Phi) is 3.82. The highest BCUT2D eigenvalue weighted by molar-refractivity contribution is 5.99. The predicted octanol–water partition coefficient (Wildman–Crippen LogP) is 3.52. The smallest absolute Gasteiger partial charge is 0.161 e. The average Bonchev–Trinajstić information content (AvgIpc) is 2.54. The van der Waals surface area contributed by atoms with E-state index in [9.17, 15) is 4.79 Å². The second-order valence-corrected chi connectivity index (χ2v) is 5.10. The molecule has 1 heterocycles. The monoisotopic (exact) mass is 231 g/mol. The molecule has 1 fully saturated rings. The van der Waals surface area contributed by atoms with Crippen LogP contribution in [-0.4, -0.2) is 18.9 Å². The molecule has 1 aliphatic heterocycles. The van der Waals surface area contributed by atoms with Gasteiger partial charge in [-0.3, -0.25) is 4.79 Å². The van der Waals surface area contributed by atoms with E-state index in [1.165, 1.54) is 19.3 Å². The van der Waals surface area contributed by atoms with E-state index in [2.05, 4.69) is 17.9 Å². The summed E-state index contributed by atoms with van der Waals surface area (Å²) < 4.78 is 0. The van der Waals surface area contributed by atoms with Gasteiger partial charge in [0.25, 0.3) is 0 Å². The molecule has 1 aliphatic rings. The van der Waals surface area contributed by atoms with Gasteiger partial charge < -0.3 is 4.90 Å². The van der Waals surface area contributed by atoms with Crippen molar-refractivity contribution in [3.8, 4) is 0 Å². The molecule has 0 N–H and O–H groups in total. The number of hydrogen-bond acceptors (Lipinski definition) is 2. The molecule has 0 spiro atoms. The molecule has 1 aromatic rings. The maximum Gasteiger partial charge on any atom is 0.161 e. The molecule has 1 aromatic carbocycles. The van der Waals surface area contributed by atoms with Crippen molar-refractivity contribution in [3.05, 3.63) is 29.8 Å². The Morgan fingerprint density at radius 3 is 2.76 bits per heavy atom. The summed E-state index contributed by atoms with van der Waals surface area (Å²) in [6, 6.07) is 7.98. The predicted molar refractivity (Wildman–Crippen MR) is 71.7 cm³/mol. The van der Waals surface area contributed by atoms with Gasteiger partial charge in [-0.2, -0.15) is 0 Å². The van der Waals surface area contributed by atoms with Crippen molar-refractivity contribution in [2.45, 2.75) is 33.1 Å². The van der Waals surface area contributed by atoms with Crippen molar-refractivity contribution in [1.29, 1.82) is 0 Å². The van der Waals surface area contributed by atoms with Crippen LogP contribution in [0.5, 0.6) is 0 Å². The summed E-state index contributed by atoms with van der Waals surface area (Å²) in [5, 5.41) is 0. The standard InChI is InChI=1S/C15H21NO/c1-12-6-5-10-16(11-9-12)15-8-4-3-7-14(15)13(2)17/h3-4,7-8,12H,5-6,9-11H2,1-2H3. The normalized spacial score (nSPS) is 21.1. The van der Waals surface area contributed by atoms with Gasteiger partial charge in [-0.05, 0) is 44.2 Å². The summed E-state index contributed by atoms with van der Waals surface area (Å²) in [6.07, 6.45) is 3.76. The van der Waals surface area contributed by atoms with Crippen LogP contribution in [-0.2, 0) is 0 Å². The van der Waals surface area contributed by atoms with Crippen molar-refractivity contribution in [2.75, 3.05) is 18.0 Å². The Hall–Kier alpha value is -1.31. The molecule has 0 aliphatic carbocycles. The van der Waals surface area contributed by atoms with Gasteiger partial charge in [-0.15, -0.1) is 0 Å². The third-order valence-electron chi connectivity index (χ3n) is 3.64. The van der Waals surface area contributed by atoms with Crippen LogP contribution in [0.25, 0.3) is 0 Å². The van der Waals surface area contributed by atoms with Gasteiger partial charge in [0.2, 0.25) is 0 Å². The minimum absolute atomic E-state index is 0.165. The fourth-order valence-corrected chi connectivity index (χ4v) is 2.55. The molecule has 17 heavy (non-hydrogen) atoms. The van der Waals surface area contributed by atoms with Crippen LogP contribution in [0.3, 0.4) is 0 Å². The lowest BCUT2D eigenvalue weighted by atomic mass is 10.0. The van der Waals surface area contributed by atoms with Gasteiger partial charge in [0, 0.05) is 24.3 Å². The number of rotatable bonds is 2. The molecule has 1 atom stereocenters. The molecule has 1 saturated heterocycles. The number of anilines is 1. The summed E-state index contributed by atoms with van der Waals surface area (Å²) in [6.45, 7) is 6.12. The summed E-state index contributed by atoms with van der Waals surface area (Å²) in [5.41, 5.74) is 1.98. The van der Waals surface area contributed by atoms with Crippen LogP contribution >= 0.6 is 0 Å². The fourth-order valence-electron chi connectivity index (χ4n) is 2.55. The number of hydrogen-bond donors (Lipinski definition) is 0. The van der Waals surface area contributed by atoms with E-state index in [4.69, 9.17) is 0 Å². The van der Waals surface area contributed by atoms with Crippen molar-refractivity contribution >= 4 is 11.5 Å². The van der Waals surface area contributed by atoms with Gasteiger partial charge in [0.05, 0.1) is 0 Å². The van der Waals surface area contributed by atoms with Gasteiger partial charge >= 0.3 is 0 Å². The molecule has 2 rings (SSSR count). The maximum atomic E-state index is 11.6. The second kappa shape index (κ2) is 5.35. The third-order valence-corrected chi connectivity index (χ3v) is 3.64. The first-order chi connectivity index (χ1) is 8.18. The Morgan fingerprint density at radius 2 is 2.00 bits per heavy atom. The zero-order chi connectivity index (χ0) is 12.3. The molecule has 92 valence electrons. The fraction of sp³-hybridized carbons (Fsp3) is 0.533. The largest absolute Gasteiger partial charge is 0.371 e. The van der Waals surface area contributed by atoms with E-state index in [1.54, 1.807) is 6.92 Å². The Morgan fingerprint density at radius 1 is 1.24 bits per heavy atom. The van der Waals surface area contributed by atoms with E-state index >= 15 is 0 Å². The van der Waals surface area contributed by atoms with Crippen molar-refractivity contribution in [1.82, 2.24) is 0 Å². The Balaban J connectivity index is 2.24. The number of carbonyl (C=O) groups is 1. The summed E-state index contributed by atoms with van der Waals surface area (Å²) in [7, 11) is 0. The first-order valence-corrected chi connectivity index (χ1v) is 6.53. The summed E-state index contributed by atoms with van der Waals surface area (Å²) >= 11 is 0. The Bertz CT molecular complexity index is 400. The van der Waals surface area contributed by atoms with Crippen molar-refractivity contribution in [3.63, 3.8) is 0 Å². The lowest BCUT2D eigenvalue weighted by Gasteiger charge is -2.24. The number of ketones is 1. The third kappa shape index (κ3) is 2.87. The van der Waals surface area contributed by atoms with E-state index in [0.29, 0.717) is 0 Å². The van der Waals surface area contributed by atoms with Crippen LogP contribution in [0.15, 0.2) is 24.3 Å². The van der Waals surface area contributed by atoms with E-state index in [-0.39, 0.29) is 5.78 Å². The van der Waals surface area contributed by atoms with Crippen LogP contribution in [0.2, 0.25) is 0 Å². The second-order valence-electron chi connectivity index (χ2n) is 5.10.